The van der Waals surface area contributed by atoms with Gasteiger partial charge in [0.1, 0.15) is 5.75 Å². The van der Waals surface area contributed by atoms with E-state index < -0.39 is 6.10 Å². The van der Waals surface area contributed by atoms with Crippen molar-refractivity contribution in [2.24, 2.45) is 0 Å². The van der Waals surface area contributed by atoms with Gasteiger partial charge in [0.05, 0.1) is 13.2 Å². The van der Waals surface area contributed by atoms with Gasteiger partial charge in [0.15, 0.2) is 0 Å². The number of hydrogen-bond acceptors (Lipinski definition) is 2. The molecule has 1 N–H and O–H groups in total. The van der Waals surface area contributed by atoms with E-state index in [0.717, 1.165) is 11.1 Å². The van der Waals surface area contributed by atoms with E-state index in [0.29, 0.717) is 18.6 Å². The van der Waals surface area contributed by atoms with E-state index in [1.807, 2.05) is 25.1 Å². The Kier molecular flexibility index (Phi) is 4.20. The molecule has 1 atom stereocenters. The minimum absolute atomic E-state index is 0.545. The van der Waals surface area contributed by atoms with Crippen molar-refractivity contribution in [3.8, 4) is 18.1 Å². The monoisotopic (exact) mass is 204 g/mol. The zero-order chi connectivity index (χ0) is 11.3. The van der Waals surface area contributed by atoms with Crippen LogP contribution >= 0.6 is 0 Å². The van der Waals surface area contributed by atoms with Gasteiger partial charge >= 0.3 is 0 Å². The van der Waals surface area contributed by atoms with Crippen LogP contribution in [0.25, 0.3) is 0 Å². The fourth-order valence-electron chi connectivity index (χ4n) is 1.49. The Morgan fingerprint density at radius 1 is 1.53 bits per heavy atom. The van der Waals surface area contributed by atoms with Crippen LogP contribution in [0.2, 0.25) is 0 Å². The van der Waals surface area contributed by atoms with Crippen LogP contribution in [0.3, 0.4) is 0 Å². The zero-order valence-corrected chi connectivity index (χ0v) is 9.16. The van der Waals surface area contributed by atoms with Gasteiger partial charge < -0.3 is 9.84 Å². The van der Waals surface area contributed by atoms with Crippen LogP contribution in [0.4, 0.5) is 0 Å². The number of aliphatic hydroxyl groups excluding tert-OH is 1. The predicted octanol–water partition coefficient (Wildman–Crippen LogP) is 2.45. The number of hydrogen-bond donors (Lipinski definition) is 1. The third-order valence-corrected chi connectivity index (χ3v) is 2.31. The Balaban J connectivity index is 2.90. The molecule has 0 aliphatic heterocycles. The molecule has 0 saturated heterocycles. The molecule has 0 amide bonds. The maximum Gasteiger partial charge on any atom is 0.124 e. The summed E-state index contributed by atoms with van der Waals surface area (Å²) in [6.45, 7) is 1.98. The van der Waals surface area contributed by atoms with Gasteiger partial charge in [-0.25, -0.2) is 0 Å². The first kappa shape index (κ1) is 11.6. The van der Waals surface area contributed by atoms with E-state index in [2.05, 4.69) is 5.92 Å². The maximum absolute atomic E-state index is 9.91. The van der Waals surface area contributed by atoms with Crippen LogP contribution < -0.4 is 4.74 Å². The topological polar surface area (TPSA) is 29.5 Å². The van der Waals surface area contributed by atoms with Gasteiger partial charge in [0.25, 0.3) is 0 Å². The highest BCUT2D eigenvalue weighted by molar-refractivity contribution is 5.38. The van der Waals surface area contributed by atoms with Gasteiger partial charge in [-0.15, -0.1) is 12.3 Å². The summed E-state index contributed by atoms with van der Waals surface area (Å²) in [4.78, 5) is 0. The first-order valence-electron chi connectivity index (χ1n) is 4.95. The molecule has 80 valence electrons. The van der Waals surface area contributed by atoms with Crippen LogP contribution in [0, 0.1) is 19.3 Å². The third-order valence-electron chi connectivity index (χ3n) is 2.31. The summed E-state index contributed by atoms with van der Waals surface area (Å²) in [5.41, 5.74) is 1.92. The molecule has 0 aliphatic carbocycles. The van der Waals surface area contributed by atoms with E-state index in [4.69, 9.17) is 11.2 Å². The first-order chi connectivity index (χ1) is 7.19. The summed E-state index contributed by atoms with van der Waals surface area (Å²) in [6.07, 6.45) is 5.75. The molecule has 15 heavy (non-hydrogen) atoms. The van der Waals surface area contributed by atoms with Crippen LogP contribution in [0.1, 0.15) is 30.1 Å². The van der Waals surface area contributed by atoms with Crippen LogP contribution in [0.5, 0.6) is 5.75 Å². The fourth-order valence-corrected chi connectivity index (χ4v) is 1.49. The summed E-state index contributed by atoms with van der Waals surface area (Å²) >= 11 is 0. The quantitative estimate of drug-likeness (QED) is 0.763. The van der Waals surface area contributed by atoms with Crippen molar-refractivity contribution in [2.45, 2.75) is 25.9 Å². The standard InChI is InChI=1S/C13H16O2/c1-4-5-6-12(14)11-9-10(2)7-8-13(11)15-3/h1,7-9,12,14H,5-6H2,2-3H3. The van der Waals surface area contributed by atoms with Gasteiger partial charge in [0, 0.05) is 12.0 Å². The molecule has 1 unspecified atom stereocenters. The molecule has 2 heteroatoms. The van der Waals surface area contributed by atoms with E-state index in [1.54, 1.807) is 7.11 Å². The van der Waals surface area contributed by atoms with Crippen molar-refractivity contribution >= 4 is 0 Å². The number of rotatable bonds is 4. The molecule has 0 radical (unpaired) electrons. The number of aryl methyl sites for hydroxylation is 1. The van der Waals surface area contributed by atoms with Crippen molar-refractivity contribution in [1.82, 2.24) is 0 Å². The summed E-state index contributed by atoms with van der Waals surface area (Å²) in [6, 6.07) is 5.75. The number of aliphatic hydroxyl groups is 1. The van der Waals surface area contributed by atoms with E-state index >= 15 is 0 Å². The molecule has 1 aromatic carbocycles. The normalized spacial score (nSPS) is 11.9. The van der Waals surface area contributed by atoms with Crippen molar-refractivity contribution < 1.29 is 9.84 Å². The highest BCUT2D eigenvalue weighted by atomic mass is 16.5. The van der Waals surface area contributed by atoms with E-state index in [-0.39, 0.29) is 0 Å². The van der Waals surface area contributed by atoms with Gasteiger partial charge in [-0.1, -0.05) is 11.6 Å². The van der Waals surface area contributed by atoms with Crippen molar-refractivity contribution in [3.63, 3.8) is 0 Å². The second kappa shape index (κ2) is 5.43. The molecular weight excluding hydrogens is 188 g/mol. The highest BCUT2D eigenvalue weighted by Crippen LogP contribution is 2.28. The summed E-state index contributed by atoms with van der Waals surface area (Å²) in [5.74, 6) is 3.23. The first-order valence-corrected chi connectivity index (χ1v) is 4.95. The minimum atomic E-state index is -0.545. The lowest BCUT2D eigenvalue weighted by molar-refractivity contribution is 0.165. The van der Waals surface area contributed by atoms with E-state index in [9.17, 15) is 5.11 Å². The number of benzene rings is 1. The second-order valence-electron chi connectivity index (χ2n) is 3.50. The molecule has 0 bridgehead atoms. The molecule has 0 saturated carbocycles. The van der Waals surface area contributed by atoms with Crippen molar-refractivity contribution in [1.29, 1.82) is 0 Å². The molecule has 0 fully saturated rings. The maximum atomic E-state index is 9.91. The van der Waals surface area contributed by atoms with Crippen LogP contribution in [0.15, 0.2) is 18.2 Å². The molecule has 2 nitrogen and oxygen atoms in total. The Morgan fingerprint density at radius 3 is 2.87 bits per heavy atom. The summed E-state index contributed by atoms with van der Waals surface area (Å²) in [7, 11) is 1.60. The largest absolute Gasteiger partial charge is 0.496 e. The van der Waals surface area contributed by atoms with Crippen LogP contribution in [-0.4, -0.2) is 12.2 Å². The zero-order valence-electron chi connectivity index (χ0n) is 9.16. The Morgan fingerprint density at radius 2 is 2.27 bits per heavy atom. The van der Waals surface area contributed by atoms with Crippen molar-refractivity contribution in [3.05, 3.63) is 29.3 Å². The predicted molar refractivity (Wildman–Crippen MR) is 60.8 cm³/mol. The number of methoxy groups -OCH3 is 1. The lowest BCUT2D eigenvalue weighted by Crippen LogP contribution is -2.00. The van der Waals surface area contributed by atoms with Gasteiger partial charge in [0.2, 0.25) is 0 Å². The molecular formula is C13H16O2. The molecule has 1 rings (SSSR count). The smallest absolute Gasteiger partial charge is 0.124 e. The molecule has 0 heterocycles. The Hall–Kier alpha value is -1.46. The van der Waals surface area contributed by atoms with Gasteiger partial charge in [-0.05, 0) is 25.5 Å². The van der Waals surface area contributed by atoms with Gasteiger partial charge in [-0.3, -0.25) is 0 Å². The Labute approximate surface area is 90.9 Å². The minimum Gasteiger partial charge on any atom is -0.496 e. The molecule has 0 aliphatic rings. The van der Waals surface area contributed by atoms with Crippen LogP contribution in [-0.2, 0) is 0 Å². The van der Waals surface area contributed by atoms with E-state index in [1.165, 1.54) is 0 Å². The third kappa shape index (κ3) is 3.00. The van der Waals surface area contributed by atoms with Crippen molar-refractivity contribution in [2.75, 3.05) is 7.11 Å². The molecule has 0 aromatic heterocycles. The lowest BCUT2D eigenvalue weighted by Gasteiger charge is -2.14. The lowest BCUT2D eigenvalue weighted by atomic mass is 10.0. The highest BCUT2D eigenvalue weighted by Gasteiger charge is 2.12. The average molecular weight is 204 g/mol. The SMILES string of the molecule is C#CCCC(O)c1cc(C)ccc1OC. The van der Waals surface area contributed by atoms with Gasteiger partial charge in [-0.2, -0.15) is 0 Å². The Bertz CT molecular complexity index is 363. The summed E-state index contributed by atoms with van der Waals surface area (Å²) in [5, 5.41) is 9.91. The average Bonchev–Trinajstić information content (AvgIpc) is 2.25. The molecule has 0 spiro atoms. The fraction of sp³-hybridized carbons (Fsp3) is 0.385. The number of ether oxygens (including phenoxy) is 1. The second-order valence-corrected chi connectivity index (χ2v) is 3.50. The molecule has 1 aromatic rings. The number of terminal acetylenes is 1. The summed E-state index contributed by atoms with van der Waals surface area (Å²) < 4.78 is 5.19.